The lowest BCUT2D eigenvalue weighted by Crippen LogP contribution is -2.42. The summed E-state index contributed by atoms with van der Waals surface area (Å²) in [6.45, 7) is 8.11. The second kappa shape index (κ2) is 7.76. The predicted molar refractivity (Wildman–Crippen MR) is 113 cm³/mol. The highest BCUT2D eigenvalue weighted by atomic mass is 35.5. The fraction of sp³-hybridized carbons (Fsp3) is 0.381. The van der Waals surface area contributed by atoms with Crippen molar-refractivity contribution >= 4 is 33.2 Å². The number of halogens is 1. The molecule has 0 aliphatic carbocycles. The zero-order valence-corrected chi connectivity index (χ0v) is 18.1. The van der Waals surface area contributed by atoms with Crippen molar-refractivity contribution in [2.75, 3.05) is 10.8 Å². The molecule has 2 aromatic rings. The van der Waals surface area contributed by atoms with Gasteiger partial charge in [-0.1, -0.05) is 29.8 Å². The van der Waals surface area contributed by atoms with E-state index in [9.17, 15) is 13.2 Å². The predicted octanol–water partition coefficient (Wildman–Crippen LogP) is 4.35. The maximum Gasteiger partial charge on any atom is 0.265 e. The number of hydrogen-bond donors (Lipinski definition) is 0. The molecule has 1 amide bonds. The van der Waals surface area contributed by atoms with Gasteiger partial charge in [-0.05, 0) is 63.9 Å². The van der Waals surface area contributed by atoms with Gasteiger partial charge in [-0.25, -0.2) is 8.42 Å². The number of para-hydroxylation sites is 1. The van der Waals surface area contributed by atoms with Gasteiger partial charge >= 0.3 is 0 Å². The van der Waals surface area contributed by atoms with Crippen LogP contribution in [0, 0.1) is 0 Å². The molecule has 0 saturated carbocycles. The first-order valence-corrected chi connectivity index (χ1v) is 11.2. The maximum atomic E-state index is 13.3. The Hall–Kier alpha value is -2.05. The third-order valence-corrected chi connectivity index (χ3v) is 7.23. The van der Waals surface area contributed by atoms with Crippen LogP contribution in [0.2, 0.25) is 5.02 Å². The van der Waals surface area contributed by atoms with E-state index >= 15 is 0 Å². The third kappa shape index (κ3) is 3.63. The fourth-order valence-electron chi connectivity index (χ4n) is 3.72. The van der Waals surface area contributed by atoms with Crippen LogP contribution in [0.25, 0.3) is 0 Å². The summed E-state index contributed by atoms with van der Waals surface area (Å²) < 4.78 is 28.1. The van der Waals surface area contributed by atoms with Crippen LogP contribution >= 0.6 is 11.6 Å². The number of anilines is 1. The van der Waals surface area contributed by atoms with E-state index in [0.29, 0.717) is 24.2 Å². The first-order chi connectivity index (χ1) is 13.1. The average Bonchev–Trinajstić information content (AvgIpc) is 3.06. The molecule has 2 aromatic carbocycles. The molecule has 0 saturated heterocycles. The minimum absolute atomic E-state index is 0.00584. The molecule has 0 N–H and O–H groups in total. The van der Waals surface area contributed by atoms with E-state index in [-0.39, 0.29) is 27.9 Å². The molecule has 7 heteroatoms. The Morgan fingerprint density at radius 3 is 2.36 bits per heavy atom. The van der Waals surface area contributed by atoms with Crippen LogP contribution in [0.3, 0.4) is 0 Å². The minimum atomic E-state index is -3.87. The zero-order chi connectivity index (χ0) is 20.6. The fourth-order valence-corrected chi connectivity index (χ4v) is 5.73. The maximum absolute atomic E-state index is 13.3. The van der Waals surface area contributed by atoms with Crippen LogP contribution in [-0.4, -0.2) is 37.9 Å². The summed E-state index contributed by atoms with van der Waals surface area (Å²) in [6.07, 6.45) is 0.653. The van der Waals surface area contributed by atoms with E-state index in [2.05, 4.69) is 0 Å². The van der Waals surface area contributed by atoms with Gasteiger partial charge < -0.3 is 4.90 Å². The van der Waals surface area contributed by atoms with Crippen LogP contribution in [0.1, 0.15) is 43.6 Å². The van der Waals surface area contributed by atoms with Gasteiger partial charge in [0, 0.05) is 24.2 Å². The molecule has 0 aromatic heterocycles. The first kappa shape index (κ1) is 20.7. The lowest BCUT2D eigenvalue weighted by Gasteiger charge is -2.31. The molecule has 3 rings (SSSR count). The molecule has 0 fully saturated rings. The molecular formula is C21H25ClN2O3S. The highest BCUT2D eigenvalue weighted by Crippen LogP contribution is 2.35. The number of amides is 1. The normalized spacial score (nSPS) is 13.9. The van der Waals surface area contributed by atoms with Gasteiger partial charge in [0.15, 0.2) is 0 Å². The highest BCUT2D eigenvalue weighted by Gasteiger charge is 2.33. The summed E-state index contributed by atoms with van der Waals surface area (Å²) in [7, 11) is -3.87. The summed E-state index contributed by atoms with van der Waals surface area (Å²) >= 11 is 6.26. The molecule has 0 atom stereocenters. The van der Waals surface area contributed by atoms with Gasteiger partial charge in [-0.2, -0.15) is 0 Å². The summed E-state index contributed by atoms with van der Waals surface area (Å²) in [4.78, 5) is 14.7. The van der Waals surface area contributed by atoms with Crippen LogP contribution < -0.4 is 4.31 Å². The van der Waals surface area contributed by atoms with Crippen LogP contribution in [-0.2, 0) is 16.4 Å². The number of benzene rings is 2. The largest absolute Gasteiger partial charge is 0.334 e. The Bertz CT molecular complexity index is 994. The van der Waals surface area contributed by atoms with Crippen molar-refractivity contribution in [3.05, 3.63) is 58.6 Å². The van der Waals surface area contributed by atoms with Crippen molar-refractivity contribution in [3.8, 4) is 0 Å². The molecule has 5 nitrogen and oxygen atoms in total. The van der Waals surface area contributed by atoms with Gasteiger partial charge in [0.2, 0.25) is 0 Å². The van der Waals surface area contributed by atoms with Crippen molar-refractivity contribution in [2.45, 2.75) is 51.1 Å². The Balaban J connectivity index is 2.04. The van der Waals surface area contributed by atoms with Crippen molar-refractivity contribution in [3.63, 3.8) is 0 Å². The summed E-state index contributed by atoms with van der Waals surface area (Å²) in [6, 6.07) is 11.9. The lowest BCUT2D eigenvalue weighted by molar-refractivity contribution is 0.0643. The van der Waals surface area contributed by atoms with Crippen LogP contribution in [0.5, 0.6) is 0 Å². The van der Waals surface area contributed by atoms with E-state index in [1.54, 1.807) is 17.0 Å². The number of carbonyl (C=O) groups is 1. The Morgan fingerprint density at radius 1 is 1.07 bits per heavy atom. The summed E-state index contributed by atoms with van der Waals surface area (Å²) in [5, 5.41) is 0.113. The molecule has 1 aliphatic rings. The Labute approximate surface area is 172 Å². The summed E-state index contributed by atoms with van der Waals surface area (Å²) in [5.74, 6) is -0.208. The Morgan fingerprint density at radius 2 is 1.71 bits per heavy atom. The topological polar surface area (TPSA) is 57.7 Å². The molecule has 0 unspecified atom stereocenters. The summed E-state index contributed by atoms with van der Waals surface area (Å²) in [5.41, 5.74) is 1.97. The molecule has 0 bridgehead atoms. The monoisotopic (exact) mass is 420 g/mol. The smallest absolute Gasteiger partial charge is 0.265 e. The SMILES string of the molecule is CC(C)N(C(=O)c1ccc(Cl)c(S(=O)(=O)N2CCc3ccccc32)c1)C(C)C. The van der Waals surface area contributed by atoms with Gasteiger partial charge in [-0.3, -0.25) is 9.10 Å². The molecule has 0 radical (unpaired) electrons. The number of hydrogen-bond acceptors (Lipinski definition) is 3. The van der Waals surface area contributed by atoms with Gasteiger partial charge in [0.05, 0.1) is 10.7 Å². The van der Waals surface area contributed by atoms with Crippen LogP contribution in [0.15, 0.2) is 47.4 Å². The number of rotatable bonds is 5. The number of fused-ring (bicyclic) bond motifs is 1. The Kier molecular flexibility index (Phi) is 5.73. The zero-order valence-electron chi connectivity index (χ0n) is 16.5. The van der Waals surface area contributed by atoms with Crippen LogP contribution in [0.4, 0.5) is 5.69 Å². The average molecular weight is 421 g/mol. The molecule has 0 spiro atoms. The van der Waals surface area contributed by atoms with Crippen molar-refractivity contribution in [2.24, 2.45) is 0 Å². The molecule has 1 aliphatic heterocycles. The highest BCUT2D eigenvalue weighted by molar-refractivity contribution is 7.93. The molecular weight excluding hydrogens is 396 g/mol. The quantitative estimate of drug-likeness (QED) is 0.722. The van der Waals surface area contributed by atoms with Crippen molar-refractivity contribution in [1.82, 2.24) is 4.90 Å². The third-order valence-electron chi connectivity index (χ3n) is 4.94. The second-order valence-electron chi connectivity index (χ2n) is 7.50. The second-order valence-corrected chi connectivity index (χ2v) is 9.74. The van der Waals surface area contributed by atoms with Crippen molar-refractivity contribution in [1.29, 1.82) is 0 Å². The van der Waals surface area contributed by atoms with E-state index in [1.165, 1.54) is 16.4 Å². The lowest BCUT2D eigenvalue weighted by atomic mass is 10.1. The minimum Gasteiger partial charge on any atom is -0.334 e. The molecule has 28 heavy (non-hydrogen) atoms. The number of sulfonamides is 1. The number of nitrogens with zero attached hydrogens (tertiary/aromatic N) is 2. The van der Waals surface area contributed by atoms with Gasteiger partial charge in [-0.15, -0.1) is 0 Å². The molecule has 1 heterocycles. The standard InChI is InChI=1S/C21H25ClN2O3S/c1-14(2)24(15(3)4)21(25)17-9-10-18(22)20(13-17)28(26,27)23-12-11-16-7-5-6-8-19(16)23/h5-10,13-15H,11-12H2,1-4H3. The molecule has 150 valence electrons. The van der Waals surface area contributed by atoms with Gasteiger partial charge in [0.1, 0.15) is 4.90 Å². The van der Waals surface area contributed by atoms with E-state index < -0.39 is 10.0 Å². The van der Waals surface area contributed by atoms with E-state index in [1.807, 2.05) is 45.9 Å². The van der Waals surface area contributed by atoms with E-state index in [0.717, 1.165) is 5.56 Å². The first-order valence-electron chi connectivity index (χ1n) is 9.37. The van der Waals surface area contributed by atoms with Gasteiger partial charge in [0.25, 0.3) is 15.9 Å². The van der Waals surface area contributed by atoms with E-state index in [4.69, 9.17) is 11.6 Å². The number of carbonyl (C=O) groups excluding carboxylic acids is 1. The van der Waals surface area contributed by atoms with Crippen molar-refractivity contribution < 1.29 is 13.2 Å².